The van der Waals surface area contributed by atoms with Gasteiger partial charge in [-0.3, -0.25) is 0 Å². The summed E-state index contributed by atoms with van der Waals surface area (Å²) in [6.45, 7) is 11.7. The lowest BCUT2D eigenvalue weighted by atomic mass is 9.51. The van der Waals surface area contributed by atoms with Gasteiger partial charge < -0.3 is 9.47 Å². The SMILES string of the molecule is CC(C)[C@@]1(C)CC[C@H]2[C@@H]3CCC4=C(CCC5(C4)OCCO5)C3=CC[C@@]21C. The second-order valence-corrected chi connectivity index (χ2v) is 10.5. The number of fused-ring (bicyclic) bond motifs is 4. The fourth-order valence-electron chi connectivity index (χ4n) is 7.53. The molecular weight excluding hydrogens is 320 g/mol. The summed E-state index contributed by atoms with van der Waals surface area (Å²) in [6.07, 6.45) is 12.7. The van der Waals surface area contributed by atoms with Gasteiger partial charge in [-0.1, -0.05) is 39.3 Å². The van der Waals surface area contributed by atoms with E-state index in [0.717, 1.165) is 43.8 Å². The fraction of sp³-hybridized carbons (Fsp3) is 0.833. The van der Waals surface area contributed by atoms with Crippen molar-refractivity contribution in [3.8, 4) is 0 Å². The standard InChI is InChI=1S/C24H36O2/c1-16(2)22(3)11-9-21-20-6-5-17-15-24(25-13-14-26-24)12-8-18(17)19(20)7-10-23(21,22)4/h7,16,20-21H,5-6,8-15H2,1-4H3/t20-,21+,22-,23+/m1/s1. The molecule has 2 heteroatoms. The van der Waals surface area contributed by atoms with Gasteiger partial charge in [0.05, 0.1) is 13.2 Å². The first-order chi connectivity index (χ1) is 12.4. The Morgan fingerprint density at radius 1 is 1.04 bits per heavy atom. The minimum atomic E-state index is -0.265. The van der Waals surface area contributed by atoms with E-state index in [-0.39, 0.29) is 5.79 Å². The van der Waals surface area contributed by atoms with Crippen LogP contribution in [0.25, 0.3) is 0 Å². The summed E-state index contributed by atoms with van der Waals surface area (Å²) in [6, 6.07) is 0. The van der Waals surface area contributed by atoms with E-state index in [1.807, 2.05) is 0 Å². The molecule has 1 aliphatic heterocycles. The van der Waals surface area contributed by atoms with E-state index >= 15 is 0 Å². The Hall–Kier alpha value is -0.600. The Labute approximate surface area is 159 Å². The third-order valence-electron chi connectivity index (χ3n) is 9.59. The van der Waals surface area contributed by atoms with Crippen molar-refractivity contribution in [2.75, 3.05) is 13.2 Å². The van der Waals surface area contributed by atoms with Crippen LogP contribution in [-0.4, -0.2) is 19.0 Å². The molecule has 1 heterocycles. The van der Waals surface area contributed by atoms with Crippen molar-refractivity contribution < 1.29 is 9.47 Å². The van der Waals surface area contributed by atoms with E-state index in [0.29, 0.717) is 10.8 Å². The molecule has 5 rings (SSSR count). The van der Waals surface area contributed by atoms with Crippen LogP contribution in [0.5, 0.6) is 0 Å². The Bertz CT molecular complexity index is 666. The maximum Gasteiger partial charge on any atom is 0.172 e. The molecule has 5 aliphatic rings. The first-order valence-corrected chi connectivity index (χ1v) is 11.1. The van der Waals surface area contributed by atoms with E-state index in [1.54, 1.807) is 16.7 Å². The van der Waals surface area contributed by atoms with Gasteiger partial charge in [-0.2, -0.15) is 0 Å². The monoisotopic (exact) mass is 356 g/mol. The zero-order valence-electron chi connectivity index (χ0n) is 17.2. The molecule has 2 nitrogen and oxygen atoms in total. The first-order valence-electron chi connectivity index (χ1n) is 11.1. The van der Waals surface area contributed by atoms with Gasteiger partial charge in [0, 0.05) is 12.8 Å². The number of hydrogen-bond acceptors (Lipinski definition) is 2. The Morgan fingerprint density at radius 3 is 2.54 bits per heavy atom. The predicted molar refractivity (Wildman–Crippen MR) is 105 cm³/mol. The highest BCUT2D eigenvalue weighted by Crippen LogP contribution is 2.68. The van der Waals surface area contributed by atoms with Gasteiger partial charge in [0.2, 0.25) is 0 Å². The lowest BCUT2D eigenvalue weighted by molar-refractivity contribution is -0.164. The molecule has 0 radical (unpaired) electrons. The minimum Gasteiger partial charge on any atom is -0.347 e. The van der Waals surface area contributed by atoms with Crippen molar-refractivity contribution in [1.82, 2.24) is 0 Å². The average molecular weight is 357 g/mol. The van der Waals surface area contributed by atoms with E-state index in [1.165, 1.54) is 38.5 Å². The summed E-state index contributed by atoms with van der Waals surface area (Å²) in [5.41, 5.74) is 6.10. The van der Waals surface area contributed by atoms with Gasteiger partial charge in [-0.15, -0.1) is 0 Å². The summed E-state index contributed by atoms with van der Waals surface area (Å²) in [5, 5.41) is 0. The highest BCUT2D eigenvalue weighted by Gasteiger charge is 2.59. The van der Waals surface area contributed by atoms with Crippen LogP contribution < -0.4 is 0 Å². The molecule has 4 atom stereocenters. The van der Waals surface area contributed by atoms with Crippen LogP contribution in [0.1, 0.15) is 79.1 Å². The third-order valence-corrected chi connectivity index (χ3v) is 9.59. The van der Waals surface area contributed by atoms with Crippen LogP contribution in [-0.2, 0) is 9.47 Å². The molecule has 0 aromatic carbocycles. The molecule has 0 bridgehead atoms. The van der Waals surface area contributed by atoms with Crippen LogP contribution in [0.3, 0.4) is 0 Å². The molecule has 0 aromatic heterocycles. The smallest absolute Gasteiger partial charge is 0.172 e. The van der Waals surface area contributed by atoms with Crippen molar-refractivity contribution in [3.63, 3.8) is 0 Å². The molecular formula is C24H36O2. The molecule has 1 saturated carbocycles. The van der Waals surface area contributed by atoms with Crippen LogP contribution in [0, 0.1) is 28.6 Å². The summed E-state index contributed by atoms with van der Waals surface area (Å²) in [7, 11) is 0. The minimum absolute atomic E-state index is 0.265. The van der Waals surface area contributed by atoms with Crippen molar-refractivity contribution in [2.24, 2.45) is 28.6 Å². The third kappa shape index (κ3) is 2.18. The topological polar surface area (TPSA) is 18.5 Å². The normalized spacial score (nSPS) is 44.1. The second-order valence-electron chi connectivity index (χ2n) is 10.5. The molecule has 0 unspecified atom stereocenters. The highest BCUT2D eigenvalue weighted by atomic mass is 16.7. The van der Waals surface area contributed by atoms with Gasteiger partial charge >= 0.3 is 0 Å². The number of rotatable bonds is 1. The van der Waals surface area contributed by atoms with Crippen LogP contribution in [0.15, 0.2) is 22.8 Å². The molecule has 0 amide bonds. The van der Waals surface area contributed by atoms with Crippen molar-refractivity contribution in [1.29, 1.82) is 0 Å². The molecule has 4 aliphatic carbocycles. The highest BCUT2D eigenvalue weighted by molar-refractivity contribution is 5.45. The molecule has 0 N–H and O–H groups in total. The lowest BCUT2D eigenvalue weighted by Gasteiger charge is -2.53. The molecule has 144 valence electrons. The fourth-order valence-corrected chi connectivity index (χ4v) is 7.53. The van der Waals surface area contributed by atoms with Gasteiger partial charge in [0.15, 0.2) is 5.79 Å². The van der Waals surface area contributed by atoms with Gasteiger partial charge in [0.1, 0.15) is 0 Å². The Balaban J connectivity index is 1.48. The number of ether oxygens (including phenoxy) is 2. The molecule has 0 aromatic rings. The van der Waals surface area contributed by atoms with E-state index in [4.69, 9.17) is 9.47 Å². The summed E-state index contributed by atoms with van der Waals surface area (Å²) < 4.78 is 12.1. The van der Waals surface area contributed by atoms with E-state index in [9.17, 15) is 0 Å². The van der Waals surface area contributed by atoms with Crippen LogP contribution >= 0.6 is 0 Å². The van der Waals surface area contributed by atoms with Crippen molar-refractivity contribution in [2.45, 2.75) is 84.8 Å². The quantitative estimate of drug-likeness (QED) is 0.571. The second kappa shape index (κ2) is 5.70. The summed E-state index contributed by atoms with van der Waals surface area (Å²) >= 11 is 0. The Kier molecular flexibility index (Phi) is 3.84. The molecule has 2 fully saturated rings. The Morgan fingerprint density at radius 2 is 1.81 bits per heavy atom. The van der Waals surface area contributed by atoms with Crippen LogP contribution in [0.2, 0.25) is 0 Å². The predicted octanol–water partition coefficient (Wildman–Crippen LogP) is 6.03. The molecule has 26 heavy (non-hydrogen) atoms. The molecule has 1 saturated heterocycles. The number of hydrogen-bond donors (Lipinski definition) is 0. The van der Waals surface area contributed by atoms with E-state index in [2.05, 4.69) is 33.8 Å². The van der Waals surface area contributed by atoms with Gasteiger partial charge in [-0.25, -0.2) is 0 Å². The van der Waals surface area contributed by atoms with Crippen molar-refractivity contribution in [3.05, 3.63) is 22.8 Å². The van der Waals surface area contributed by atoms with Gasteiger partial charge in [0.25, 0.3) is 0 Å². The number of allylic oxidation sites excluding steroid dienone is 3. The summed E-state index contributed by atoms with van der Waals surface area (Å²) in [4.78, 5) is 0. The first kappa shape index (κ1) is 17.5. The zero-order valence-corrected chi connectivity index (χ0v) is 17.2. The van der Waals surface area contributed by atoms with Crippen LogP contribution in [0.4, 0.5) is 0 Å². The van der Waals surface area contributed by atoms with E-state index < -0.39 is 0 Å². The van der Waals surface area contributed by atoms with Gasteiger partial charge in [-0.05, 0) is 78.3 Å². The lowest BCUT2D eigenvalue weighted by Crippen LogP contribution is -2.46. The van der Waals surface area contributed by atoms with Crippen molar-refractivity contribution >= 4 is 0 Å². The zero-order chi connectivity index (χ0) is 18.2. The molecule has 1 spiro atoms. The average Bonchev–Trinajstić information content (AvgIpc) is 3.18. The summed E-state index contributed by atoms with van der Waals surface area (Å²) in [5.74, 6) is 2.21. The maximum atomic E-state index is 6.03. The largest absolute Gasteiger partial charge is 0.347 e. The maximum absolute atomic E-state index is 6.03.